The van der Waals surface area contributed by atoms with Crippen LogP contribution in [0.3, 0.4) is 0 Å². The zero-order valence-electron chi connectivity index (χ0n) is 12.2. The molecule has 0 unspecified atom stereocenters. The van der Waals surface area contributed by atoms with Gasteiger partial charge in [-0.3, -0.25) is 0 Å². The summed E-state index contributed by atoms with van der Waals surface area (Å²) in [5.41, 5.74) is 0. The SMILES string of the molecule is CCCCN(CCO)c1nccc2cc(OC)ccc12. The van der Waals surface area contributed by atoms with Crippen molar-refractivity contribution >= 4 is 16.6 Å². The van der Waals surface area contributed by atoms with Crippen molar-refractivity contribution in [2.75, 3.05) is 31.7 Å². The summed E-state index contributed by atoms with van der Waals surface area (Å²) < 4.78 is 5.26. The van der Waals surface area contributed by atoms with Crippen molar-refractivity contribution in [1.82, 2.24) is 4.98 Å². The van der Waals surface area contributed by atoms with E-state index >= 15 is 0 Å². The molecule has 4 heteroatoms. The average molecular weight is 274 g/mol. The highest BCUT2D eigenvalue weighted by atomic mass is 16.5. The Morgan fingerprint density at radius 1 is 1.25 bits per heavy atom. The van der Waals surface area contributed by atoms with E-state index in [9.17, 15) is 5.11 Å². The van der Waals surface area contributed by atoms with Gasteiger partial charge in [-0.2, -0.15) is 0 Å². The number of benzene rings is 1. The Morgan fingerprint density at radius 3 is 2.80 bits per heavy atom. The molecule has 1 aromatic carbocycles. The number of methoxy groups -OCH3 is 1. The lowest BCUT2D eigenvalue weighted by atomic mass is 10.1. The van der Waals surface area contributed by atoms with E-state index in [2.05, 4.69) is 16.8 Å². The second kappa shape index (κ2) is 7.10. The van der Waals surface area contributed by atoms with Gasteiger partial charge in [-0.15, -0.1) is 0 Å². The maximum atomic E-state index is 9.26. The molecule has 0 radical (unpaired) electrons. The van der Waals surface area contributed by atoms with E-state index < -0.39 is 0 Å². The van der Waals surface area contributed by atoms with E-state index in [0.717, 1.165) is 41.7 Å². The maximum Gasteiger partial charge on any atom is 0.136 e. The highest BCUT2D eigenvalue weighted by Crippen LogP contribution is 2.27. The van der Waals surface area contributed by atoms with Gasteiger partial charge in [0.25, 0.3) is 0 Å². The summed E-state index contributed by atoms with van der Waals surface area (Å²) in [6, 6.07) is 7.98. The molecule has 0 aliphatic heterocycles. The van der Waals surface area contributed by atoms with Gasteiger partial charge in [0.1, 0.15) is 11.6 Å². The van der Waals surface area contributed by atoms with E-state index in [4.69, 9.17) is 4.74 Å². The highest BCUT2D eigenvalue weighted by molar-refractivity contribution is 5.93. The van der Waals surface area contributed by atoms with E-state index in [1.165, 1.54) is 0 Å². The lowest BCUT2D eigenvalue weighted by Gasteiger charge is -2.24. The predicted molar refractivity (Wildman–Crippen MR) is 82.5 cm³/mol. The van der Waals surface area contributed by atoms with Gasteiger partial charge in [0, 0.05) is 24.7 Å². The highest BCUT2D eigenvalue weighted by Gasteiger charge is 2.11. The number of aliphatic hydroxyl groups is 1. The first-order valence-electron chi connectivity index (χ1n) is 7.08. The van der Waals surface area contributed by atoms with Gasteiger partial charge < -0.3 is 14.7 Å². The molecule has 1 heterocycles. The number of nitrogens with zero attached hydrogens (tertiary/aromatic N) is 2. The number of anilines is 1. The zero-order valence-corrected chi connectivity index (χ0v) is 12.2. The molecule has 0 saturated heterocycles. The minimum absolute atomic E-state index is 0.137. The summed E-state index contributed by atoms with van der Waals surface area (Å²) in [5.74, 6) is 1.78. The smallest absolute Gasteiger partial charge is 0.136 e. The monoisotopic (exact) mass is 274 g/mol. The fourth-order valence-electron chi connectivity index (χ4n) is 2.31. The van der Waals surface area contributed by atoms with Crippen molar-refractivity contribution < 1.29 is 9.84 Å². The van der Waals surface area contributed by atoms with Crippen molar-refractivity contribution in [1.29, 1.82) is 0 Å². The van der Waals surface area contributed by atoms with Crippen LogP contribution < -0.4 is 9.64 Å². The molecule has 1 N–H and O–H groups in total. The van der Waals surface area contributed by atoms with Gasteiger partial charge in [-0.05, 0) is 36.1 Å². The molecule has 0 saturated carbocycles. The van der Waals surface area contributed by atoms with E-state index in [-0.39, 0.29) is 6.61 Å². The van der Waals surface area contributed by atoms with Crippen LogP contribution in [0.25, 0.3) is 10.8 Å². The number of rotatable bonds is 7. The Kier molecular flexibility index (Phi) is 5.18. The number of unbranched alkanes of at least 4 members (excludes halogenated alkanes) is 1. The van der Waals surface area contributed by atoms with Gasteiger partial charge in [-0.25, -0.2) is 4.98 Å². The van der Waals surface area contributed by atoms with Crippen molar-refractivity contribution in [2.45, 2.75) is 19.8 Å². The molecule has 1 aromatic heterocycles. The van der Waals surface area contributed by atoms with Crippen LogP contribution in [0.2, 0.25) is 0 Å². The largest absolute Gasteiger partial charge is 0.497 e. The molecule has 0 fully saturated rings. The minimum Gasteiger partial charge on any atom is -0.497 e. The third-order valence-corrected chi connectivity index (χ3v) is 3.40. The maximum absolute atomic E-state index is 9.26. The molecule has 2 aromatic rings. The zero-order chi connectivity index (χ0) is 14.4. The molecular formula is C16H22N2O2. The van der Waals surface area contributed by atoms with Crippen molar-refractivity contribution in [3.8, 4) is 5.75 Å². The molecule has 0 aliphatic rings. The van der Waals surface area contributed by atoms with Crippen molar-refractivity contribution in [3.05, 3.63) is 30.5 Å². The van der Waals surface area contributed by atoms with Crippen LogP contribution in [0, 0.1) is 0 Å². The first kappa shape index (κ1) is 14.6. The summed E-state index contributed by atoms with van der Waals surface area (Å²) in [5, 5.41) is 11.5. The molecule has 0 amide bonds. The van der Waals surface area contributed by atoms with Crippen molar-refractivity contribution in [3.63, 3.8) is 0 Å². The Hall–Kier alpha value is -1.81. The molecular weight excluding hydrogens is 252 g/mol. The van der Waals surface area contributed by atoms with Crippen LogP contribution in [0.1, 0.15) is 19.8 Å². The minimum atomic E-state index is 0.137. The molecule has 0 bridgehead atoms. The summed E-state index contributed by atoms with van der Waals surface area (Å²) >= 11 is 0. The first-order chi connectivity index (χ1) is 9.80. The van der Waals surface area contributed by atoms with Crippen LogP contribution in [-0.2, 0) is 0 Å². The van der Waals surface area contributed by atoms with Gasteiger partial charge in [-0.1, -0.05) is 13.3 Å². The fourth-order valence-corrected chi connectivity index (χ4v) is 2.31. The number of fused-ring (bicyclic) bond motifs is 1. The second-order valence-electron chi connectivity index (χ2n) is 4.79. The van der Waals surface area contributed by atoms with Crippen LogP contribution >= 0.6 is 0 Å². The van der Waals surface area contributed by atoms with Crippen molar-refractivity contribution in [2.24, 2.45) is 0 Å². The van der Waals surface area contributed by atoms with Crippen LogP contribution in [0.15, 0.2) is 30.5 Å². The van der Waals surface area contributed by atoms with Crippen LogP contribution in [-0.4, -0.2) is 36.9 Å². The Labute approximate surface area is 120 Å². The van der Waals surface area contributed by atoms with Gasteiger partial charge in [0.2, 0.25) is 0 Å². The van der Waals surface area contributed by atoms with E-state index in [1.807, 2.05) is 30.5 Å². The number of ether oxygens (including phenoxy) is 1. The lowest BCUT2D eigenvalue weighted by molar-refractivity contribution is 0.301. The van der Waals surface area contributed by atoms with Gasteiger partial charge >= 0.3 is 0 Å². The number of hydrogen-bond acceptors (Lipinski definition) is 4. The van der Waals surface area contributed by atoms with Gasteiger partial charge in [0.05, 0.1) is 13.7 Å². The quantitative estimate of drug-likeness (QED) is 0.843. The van der Waals surface area contributed by atoms with E-state index in [1.54, 1.807) is 7.11 Å². The standard InChI is InChI=1S/C16H22N2O2/c1-3-4-9-18(10-11-19)16-15-6-5-14(20-2)12-13(15)7-8-17-16/h5-8,12,19H,3-4,9-11H2,1-2H3. The first-order valence-corrected chi connectivity index (χ1v) is 7.08. The molecule has 0 atom stereocenters. The molecule has 2 rings (SSSR count). The topological polar surface area (TPSA) is 45.6 Å². The normalized spacial score (nSPS) is 10.8. The average Bonchev–Trinajstić information content (AvgIpc) is 2.50. The summed E-state index contributed by atoms with van der Waals surface area (Å²) in [7, 11) is 1.67. The van der Waals surface area contributed by atoms with Crippen LogP contribution in [0.4, 0.5) is 5.82 Å². The number of aromatic nitrogens is 1. The fraction of sp³-hybridized carbons (Fsp3) is 0.438. The number of hydrogen-bond donors (Lipinski definition) is 1. The molecule has 4 nitrogen and oxygen atoms in total. The van der Waals surface area contributed by atoms with E-state index in [0.29, 0.717) is 6.54 Å². The molecule has 0 aliphatic carbocycles. The van der Waals surface area contributed by atoms with Crippen LogP contribution in [0.5, 0.6) is 5.75 Å². The summed E-state index contributed by atoms with van der Waals surface area (Å²) in [4.78, 5) is 6.66. The predicted octanol–water partition coefficient (Wildman–Crippen LogP) is 2.84. The summed E-state index contributed by atoms with van der Waals surface area (Å²) in [6.45, 7) is 3.82. The lowest BCUT2D eigenvalue weighted by Crippen LogP contribution is -2.28. The third kappa shape index (κ3) is 3.20. The Morgan fingerprint density at radius 2 is 2.10 bits per heavy atom. The Balaban J connectivity index is 2.40. The van der Waals surface area contributed by atoms with Gasteiger partial charge in [0.15, 0.2) is 0 Å². The molecule has 108 valence electrons. The molecule has 0 spiro atoms. The third-order valence-electron chi connectivity index (χ3n) is 3.40. The Bertz CT molecular complexity index is 557. The second-order valence-corrected chi connectivity index (χ2v) is 4.79. The molecule has 20 heavy (non-hydrogen) atoms. The summed E-state index contributed by atoms with van der Waals surface area (Å²) in [6.07, 6.45) is 4.03. The number of aliphatic hydroxyl groups excluding tert-OH is 1. The number of pyridine rings is 1.